The van der Waals surface area contributed by atoms with E-state index in [0.29, 0.717) is 19.3 Å². The Balaban J connectivity index is 4.44. The van der Waals surface area contributed by atoms with E-state index in [0.717, 1.165) is 83.5 Å². The van der Waals surface area contributed by atoms with Crippen LogP contribution in [-0.4, -0.2) is 37.2 Å². The Bertz CT molecular complexity index is 1530. The number of carbonyl (C=O) groups is 3. The van der Waals surface area contributed by atoms with Crippen LogP contribution in [0.15, 0.2) is 97.2 Å². The van der Waals surface area contributed by atoms with Gasteiger partial charge >= 0.3 is 17.9 Å². The van der Waals surface area contributed by atoms with Crippen molar-refractivity contribution in [2.24, 2.45) is 0 Å². The molecule has 448 valence electrons. The Morgan fingerprint density at radius 3 is 0.859 bits per heavy atom. The lowest BCUT2D eigenvalue weighted by molar-refractivity contribution is -0.166. The quantitative estimate of drug-likeness (QED) is 0.0261. The van der Waals surface area contributed by atoms with Crippen LogP contribution in [0.4, 0.5) is 0 Å². The summed E-state index contributed by atoms with van der Waals surface area (Å²) in [6.07, 6.45) is 88.6. The van der Waals surface area contributed by atoms with Crippen LogP contribution in [0, 0.1) is 0 Å². The highest BCUT2D eigenvalue weighted by molar-refractivity contribution is 5.71. The molecule has 6 nitrogen and oxygen atoms in total. The number of allylic oxidation sites excluding steroid dienone is 16. The van der Waals surface area contributed by atoms with Crippen molar-refractivity contribution in [3.63, 3.8) is 0 Å². The van der Waals surface area contributed by atoms with Crippen molar-refractivity contribution in [1.82, 2.24) is 0 Å². The molecule has 0 fully saturated rings. The van der Waals surface area contributed by atoms with Gasteiger partial charge < -0.3 is 14.2 Å². The molecule has 1 unspecified atom stereocenters. The zero-order chi connectivity index (χ0) is 56.4. The molecule has 0 radical (unpaired) electrons. The first-order chi connectivity index (χ1) is 38.5. The van der Waals surface area contributed by atoms with Gasteiger partial charge in [0.2, 0.25) is 0 Å². The van der Waals surface area contributed by atoms with Crippen molar-refractivity contribution in [3.8, 4) is 0 Å². The summed E-state index contributed by atoms with van der Waals surface area (Å²) in [5.74, 6) is -0.982. The molecular weight excluding hydrogens is 961 g/mol. The van der Waals surface area contributed by atoms with Crippen molar-refractivity contribution >= 4 is 17.9 Å². The van der Waals surface area contributed by atoms with Crippen LogP contribution in [0.5, 0.6) is 0 Å². The first-order valence-electron chi connectivity index (χ1n) is 33.2. The van der Waals surface area contributed by atoms with Gasteiger partial charge in [-0.25, -0.2) is 0 Å². The van der Waals surface area contributed by atoms with Crippen molar-refractivity contribution in [2.75, 3.05) is 13.2 Å². The van der Waals surface area contributed by atoms with Crippen molar-refractivity contribution in [1.29, 1.82) is 0 Å². The molecule has 0 rings (SSSR count). The highest BCUT2D eigenvalue weighted by Crippen LogP contribution is 2.17. The van der Waals surface area contributed by atoms with Gasteiger partial charge in [-0.3, -0.25) is 14.4 Å². The third-order valence-corrected chi connectivity index (χ3v) is 14.3. The van der Waals surface area contributed by atoms with E-state index < -0.39 is 6.10 Å². The number of carbonyl (C=O) groups excluding carboxylic acids is 3. The first-order valence-corrected chi connectivity index (χ1v) is 33.2. The Hall–Kier alpha value is -3.67. The molecule has 0 aromatic rings. The molecule has 0 bridgehead atoms. The maximum atomic E-state index is 12.9. The number of rotatable bonds is 60. The van der Waals surface area contributed by atoms with Gasteiger partial charge in [0.15, 0.2) is 6.10 Å². The second-order valence-corrected chi connectivity index (χ2v) is 22.0. The SMILES string of the molecule is CC/C=C\C/C=C\C/C=C\C/C=C\C/C=C\C/C=C\CCC(=O)OC(COC(=O)CCCCCCCCCCC/C=C\C/C=C\CCCCC)COC(=O)CCCCCCCCCCCCCCCCCCCCCCCC. The topological polar surface area (TPSA) is 78.9 Å². The van der Waals surface area contributed by atoms with Crippen molar-refractivity contribution in [2.45, 2.75) is 329 Å². The molecule has 0 aliphatic carbocycles. The van der Waals surface area contributed by atoms with Crippen molar-refractivity contribution in [3.05, 3.63) is 97.2 Å². The Morgan fingerprint density at radius 1 is 0.269 bits per heavy atom. The van der Waals surface area contributed by atoms with Gasteiger partial charge in [0.05, 0.1) is 0 Å². The Labute approximate surface area is 483 Å². The molecule has 1 atom stereocenters. The minimum absolute atomic E-state index is 0.107. The van der Waals surface area contributed by atoms with Crippen LogP contribution in [0.3, 0.4) is 0 Å². The molecule has 78 heavy (non-hydrogen) atoms. The summed E-state index contributed by atoms with van der Waals surface area (Å²) in [6.45, 7) is 6.48. The molecule has 6 heteroatoms. The lowest BCUT2D eigenvalue weighted by Crippen LogP contribution is -2.30. The Kier molecular flexibility index (Phi) is 62.7. The normalized spacial score (nSPS) is 12.7. The average molecular weight is 1090 g/mol. The molecule has 0 N–H and O–H groups in total. The van der Waals surface area contributed by atoms with Crippen molar-refractivity contribution < 1.29 is 28.6 Å². The van der Waals surface area contributed by atoms with Crippen LogP contribution in [0.1, 0.15) is 323 Å². The van der Waals surface area contributed by atoms with E-state index in [2.05, 4.69) is 112 Å². The summed E-state index contributed by atoms with van der Waals surface area (Å²) < 4.78 is 16.9. The van der Waals surface area contributed by atoms with Crippen LogP contribution in [0.2, 0.25) is 0 Å². The van der Waals surface area contributed by atoms with Gasteiger partial charge in [-0.1, -0.05) is 311 Å². The lowest BCUT2D eigenvalue weighted by Gasteiger charge is -2.18. The average Bonchev–Trinajstić information content (AvgIpc) is 3.44. The summed E-state index contributed by atoms with van der Waals surface area (Å²) in [7, 11) is 0. The van der Waals surface area contributed by atoms with Crippen LogP contribution in [0.25, 0.3) is 0 Å². The van der Waals surface area contributed by atoms with E-state index in [1.807, 2.05) is 6.08 Å². The first kappa shape index (κ1) is 74.3. The molecule has 0 aliphatic heterocycles. The molecule has 0 saturated carbocycles. The number of ether oxygens (including phenoxy) is 3. The van der Waals surface area contributed by atoms with E-state index in [-0.39, 0.29) is 37.5 Å². The lowest BCUT2D eigenvalue weighted by atomic mass is 10.0. The van der Waals surface area contributed by atoms with E-state index in [9.17, 15) is 14.4 Å². The van der Waals surface area contributed by atoms with E-state index in [1.165, 1.54) is 193 Å². The van der Waals surface area contributed by atoms with Crippen LogP contribution in [-0.2, 0) is 28.6 Å². The monoisotopic (exact) mass is 1080 g/mol. The second-order valence-electron chi connectivity index (χ2n) is 22.0. The molecule has 0 spiro atoms. The van der Waals surface area contributed by atoms with Gasteiger partial charge in [0.25, 0.3) is 0 Å². The fourth-order valence-corrected chi connectivity index (χ4v) is 9.38. The fourth-order valence-electron chi connectivity index (χ4n) is 9.38. The maximum absolute atomic E-state index is 12.9. The van der Waals surface area contributed by atoms with Crippen LogP contribution >= 0.6 is 0 Å². The Morgan fingerprint density at radius 2 is 0.526 bits per heavy atom. The van der Waals surface area contributed by atoms with E-state index in [4.69, 9.17) is 14.2 Å². The standard InChI is InChI=1S/C72H124O6/c1-4-7-10-13-16-19-22-25-28-31-34-35-36-39-41-44-47-50-53-56-59-62-65-71(74)77-68-69(78-72(75)66-63-60-57-54-51-48-45-42-38-33-30-27-24-21-18-15-12-9-6-3)67-76-70(73)64-61-58-55-52-49-46-43-40-37-32-29-26-23-20-17-14-11-8-5-2/h9,12,17-18,20-21,26-27,29-30,38,42,48,51,57,60,69H,4-8,10-11,13-16,19,22-25,28,31-37,39-41,43-47,49-50,52-56,58-59,61-68H2,1-3H3/b12-9-,20-17-,21-18-,29-26-,30-27-,42-38-,51-48-,60-57-. The molecule has 0 amide bonds. The number of hydrogen-bond donors (Lipinski definition) is 0. The van der Waals surface area contributed by atoms with Gasteiger partial charge in [-0.2, -0.15) is 0 Å². The van der Waals surface area contributed by atoms with E-state index >= 15 is 0 Å². The van der Waals surface area contributed by atoms with Gasteiger partial charge in [-0.05, 0) is 89.9 Å². The highest BCUT2D eigenvalue weighted by atomic mass is 16.6. The molecular formula is C72H124O6. The minimum Gasteiger partial charge on any atom is -0.462 e. The smallest absolute Gasteiger partial charge is 0.306 e. The minimum atomic E-state index is -0.821. The third kappa shape index (κ3) is 63.2. The summed E-state index contributed by atoms with van der Waals surface area (Å²) >= 11 is 0. The number of esters is 3. The maximum Gasteiger partial charge on any atom is 0.306 e. The predicted molar refractivity (Wildman–Crippen MR) is 339 cm³/mol. The predicted octanol–water partition coefficient (Wildman–Crippen LogP) is 22.8. The molecule has 0 aromatic heterocycles. The number of hydrogen-bond acceptors (Lipinski definition) is 6. The molecule has 0 aromatic carbocycles. The highest BCUT2D eigenvalue weighted by Gasteiger charge is 2.19. The zero-order valence-corrected chi connectivity index (χ0v) is 51.4. The third-order valence-electron chi connectivity index (χ3n) is 14.3. The molecule has 0 aliphatic rings. The van der Waals surface area contributed by atoms with Crippen LogP contribution < -0.4 is 0 Å². The second kappa shape index (κ2) is 65.8. The molecule has 0 saturated heterocycles. The van der Waals surface area contributed by atoms with E-state index in [1.54, 1.807) is 0 Å². The van der Waals surface area contributed by atoms with Gasteiger partial charge in [0, 0.05) is 19.3 Å². The summed E-state index contributed by atoms with van der Waals surface area (Å²) in [6, 6.07) is 0. The molecule has 0 heterocycles. The summed E-state index contributed by atoms with van der Waals surface area (Å²) in [4.78, 5) is 38.4. The zero-order valence-electron chi connectivity index (χ0n) is 51.4. The largest absolute Gasteiger partial charge is 0.462 e. The fraction of sp³-hybridized carbons (Fsp3) is 0.736. The van der Waals surface area contributed by atoms with Gasteiger partial charge in [0.1, 0.15) is 13.2 Å². The summed E-state index contributed by atoms with van der Waals surface area (Å²) in [5.41, 5.74) is 0. The van der Waals surface area contributed by atoms with Gasteiger partial charge in [-0.15, -0.1) is 0 Å². The summed E-state index contributed by atoms with van der Waals surface area (Å²) in [5, 5.41) is 0. The number of unbranched alkanes of at least 4 members (excludes halogenated alkanes) is 33.